The number of amides is 2. The lowest BCUT2D eigenvalue weighted by Gasteiger charge is -2.17. The van der Waals surface area contributed by atoms with Crippen molar-refractivity contribution in [1.82, 2.24) is 0 Å². The van der Waals surface area contributed by atoms with Crippen LogP contribution in [0.15, 0.2) is 18.2 Å². The summed E-state index contributed by atoms with van der Waals surface area (Å²) in [6, 6.07) is 7.56. The van der Waals surface area contributed by atoms with Crippen molar-refractivity contribution >= 4 is 33.8 Å². The van der Waals surface area contributed by atoms with Crippen molar-refractivity contribution in [3.8, 4) is 17.6 Å². The molecule has 0 bridgehead atoms. The Hall–Kier alpha value is -3.05. The number of carbonyl (C=O) groups is 2. The van der Waals surface area contributed by atoms with Crippen LogP contribution >= 0.6 is 11.3 Å². The highest BCUT2D eigenvalue weighted by atomic mass is 32.1. The lowest BCUT2D eigenvalue weighted by atomic mass is 10.1. The highest BCUT2D eigenvalue weighted by Crippen LogP contribution is 2.40. The molecule has 1 fully saturated rings. The van der Waals surface area contributed by atoms with Crippen LogP contribution in [0.1, 0.15) is 28.8 Å². The summed E-state index contributed by atoms with van der Waals surface area (Å²) in [7, 11) is 0. The number of benzene rings is 1. The fourth-order valence-corrected chi connectivity index (χ4v) is 5.25. The van der Waals surface area contributed by atoms with E-state index in [9.17, 15) is 14.9 Å². The number of aryl methyl sites for hydroxylation is 1. The van der Waals surface area contributed by atoms with Gasteiger partial charge in [-0.1, -0.05) is 0 Å². The van der Waals surface area contributed by atoms with Crippen molar-refractivity contribution in [2.24, 2.45) is 5.92 Å². The average molecular weight is 395 g/mol. The van der Waals surface area contributed by atoms with Gasteiger partial charge < -0.3 is 19.7 Å². The van der Waals surface area contributed by atoms with Gasteiger partial charge in [0.15, 0.2) is 11.5 Å². The van der Waals surface area contributed by atoms with E-state index in [1.54, 1.807) is 23.1 Å². The number of hydrogen-bond acceptors (Lipinski definition) is 6. The summed E-state index contributed by atoms with van der Waals surface area (Å²) in [6.45, 7) is 0.473. The Morgan fingerprint density at radius 3 is 3.00 bits per heavy atom. The summed E-state index contributed by atoms with van der Waals surface area (Å²) in [4.78, 5) is 28.1. The Labute approximate surface area is 165 Å². The number of nitrogens with zero attached hydrogens (tertiary/aromatic N) is 2. The fourth-order valence-electron chi connectivity index (χ4n) is 4.01. The molecule has 3 heterocycles. The molecule has 1 atom stereocenters. The smallest absolute Gasteiger partial charge is 0.231 e. The summed E-state index contributed by atoms with van der Waals surface area (Å²) >= 11 is 1.49. The normalized spacial score (nSPS) is 19.6. The largest absolute Gasteiger partial charge is 0.454 e. The van der Waals surface area contributed by atoms with Crippen molar-refractivity contribution in [1.29, 1.82) is 5.26 Å². The Morgan fingerprint density at radius 2 is 2.14 bits per heavy atom. The number of carbonyl (C=O) groups excluding carboxylic acids is 2. The summed E-state index contributed by atoms with van der Waals surface area (Å²) in [5, 5.41) is 13.0. The van der Waals surface area contributed by atoms with Crippen LogP contribution in [-0.4, -0.2) is 25.2 Å². The van der Waals surface area contributed by atoms with Crippen LogP contribution in [0.25, 0.3) is 0 Å². The Kier molecular flexibility index (Phi) is 3.98. The van der Waals surface area contributed by atoms with E-state index in [4.69, 9.17) is 9.47 Å². The minimum atomic E-state index is -0.457. The van der Waals surface area contributed by atoms with E-state index in [-0.39, 0.29) is 25.0 Å². The molecular formula is C20H17N3O4S. The van der Waals surface area contributed by atoms with Crippen LogP contribution in [0, 0.1) is 17.2 Å². The lowest BCUT2D eigenvalue weighted by Crippen LogP contribution is -2.28. The third kappa shape index (κ3) is 2.70. The number of thiophene rings is 1. The molecule has 0 spiro atoms. The second-order valence-electron chi connectivity index (χ2n) is 7.11. The third-order valence-electron chi connectivity index (χ3n) is 5.43. The molecule has 0 saturated carbocycles. The van der Waals surface area contributed by atoms with Gasteiger partial charge in [0.25, 0.3) is 0 Å². The zero-order valence-corrected chi connectivity index (χ0v) is 15.8. The Bertz CT molecular complexity index is 1040. The van der Waals surface area contributed by atoms with Crippen LogP contribution in [0.2, 0.25) is 0 Å². The molecule has 0 radical (unpaired) electrons. The molecule has 1 saturated heterocycles. The van der Waals surface area contributed by atoms with Crippen molar-refractivity contribution in [2.45, 2.75) is 25.7 Å². The van der Waals surface area contributed by atoms with Crippen molar-refractivity contribution in [3.05, 3.63) is 34.2 Å². The lowest BCUT2D eigenvalue weighted by molar-refractivity contribution is -0.122. The summed E-state index contributed by atoms with van der Waals surface area (Å²) in [5.74, 6) is 0.479. The number of rotatable bonds is 3. The topological polar surface area (TPSA) is 91.7 Å². The highest BCUT2D eigenvalue weighted by molar-refractivity contribution is 7.16. The monoisotopic (exact) mass is 395 g/mol. The van der Waals surface area contributed by atoms with Gasteiger partial charge in [-0.05, 0) is 37.0 Å². The number of fused-ring (bicyclic) bond motifs is 2. The predicted octanol–water partition coefficient (Wildman–Crippen LogP) is 2.83. The van der Waals surface area contributed by atoms with Crippen LogP contribution in [0.4, 0.5) is 10.7 Å². The molecule has 3 aliphatic rings. The van der Waals surface area contributed by atoms with Gasteiger partial charge in [-0.25, -0.2) is 0 Å². The molecule has 28 heavy (non-hydrogen) atoms. The Balaban J connectivity index is 1.32. The first kappa shape index (κ1) is 17.1. The van der Waals surface area contributed by atoms with E-state index in [2.05, 4.69) is 11.4 Å². The van der Waals surface area contributed by atoms with E-state index in [1.165, 1.54) is 16.2 Å². The first-order chi connectivity index (χ1) is 13.6. The fraction of sp³-hybridized carbons (Fsp3) is 0.350. The van der Waals surface area contributed by atoms with Crippen molar-refractivity contribution in [2.75, 3.05) is 23.6 Å². The third-order valence-corrected chi connectivity index (χ3v) is 6.64. The molecule has 5 rings (SSSR count). The zero-order chi connectivity index (χ0) is 19.3. The van der Waals surface area contributed by atoms with Gasteiger partial charge in [0.1, 0.15) is 11.1 Å². The molecule has 1 unspecified atom stereocenters. The number of hydrogen-bond donors (Lipinski definition) is 1. The second-order valence-corrected chi connectivity index (χ2v) is 8.21. The molecule has 1 aliphatic carbocycles. The standard InChI is InChI=1S/C20H17N3O4S/c21-8-14-13-2-1-3-17(13)28-20(14)22-19(25)11-6-18(24)23(9-11)12-4-5-15-16(7-12)27-10-26-15/h4-5,7,11H,1-3,6,9-10H2,(H,22,25). The average Bonchev–Trinajstić information content (AvgIpc) is 3.44. The summed E-state index contributed by atoms with van der Waals surface area (Å²) < 4.78 is 10.7. The minimum absolute atomic E-state index is 0.104. The van der Waals surface area contributed by atoms with Crippen molar-refractivity contribution < 1.29 is 19.1 Å². The number of ether oxygens (including phenoxy) is 2. The first-order valence-corrected chi connectivity index (χ1v) is 10.0. The predicted molar refractivity (Wildman–Crippen MR) is 103 cm³/mol. The maximum Gasteiger partial charge on any atom is 0.231 e. The molecule has 2 amide bonds. The highest BCUT2D eigenvalue weighted by Gasteiger charge is 2.36. The van der Waals surface area contributed by atoms with Crippen LogP contribution < -0.4 is 19.7 Å². The van der Waals surface area contributed by atoms with Gasteiger partial charge in [-0.3, -0.25) is 9.59 Å². The van der Waals surface area contributed by atoms with E-state index < -0.39 is 5.92 Å². The van der Waals surface area contributed by atoms with Gasteiger partial charge in [-0.2, -0.15) is 5.26 Å². The quantitative estimate of drug-likeness (QED) is 0.863. The molecule has 1 aromatic carbocycles. The van der Waals surface area contributed by atoms with Crippen LogP contribution in [0.3, 0.4) is 0 Å². The number of nitriles is 1. The molecule has 2 aromatic rings. The molecule has 7 nitrogen and oxygen atoms in total. The van der Waals surface area contributed by atoms with Gasteiger partial charge in [0, 0.05) is 29.6 Å². The van der Waals surface area contributed by atoms with Gasteiger partial charge in [-0.15, -0.1) is 11.3 Å². The Morgan fingerprint density at radius 1 is 1.29 bits per heavy atom. The van der Waals surface area contributed by atoms with Crippen LogP contribution in [-0.2, 0) is 22.4 Å². The van der Waals surface area contributed by atoms with E-state index in [0.717, 1.165) is 24.8 Å². The van der Waals surface area contributed by atoms with Gasteiger partial charge in [0.05, 0.1) is 11.5 Å². The molecule has 1 aromatic heterocycles. The number of anilines is 2. The molecule has 2 aliphatic heterocycles. The SMILES string of the molecule is N#Cc1c(NC(=O)C2CC(=O)N(c3ccc4c(c3)OCO4)C2)sc2c1CCC2. The molecule has 1 N–H and O–H groups in total. The molecule has 142 valence electrons. The molecular weight excluding hydrogens is 378 g/mol. The summed E-state index contributed by atoms with van der Waals surface area (Å²) in [5.41, 5.74) is 2.35. The maximum atomic E-state index is 12.8. The van der Waals surface area contributed by atoms with E-state index in [1.807, 2.05) is 0 Å². The molecule has 8 heteroatoms. The van der Waals surface area contributed by atoms with E-state index in [0.29, 0.717) is 34.3 Å². The van der Waals surface area contributed by atoms with Crippen LogP contribution in [0.5, 0.6) is 11.5 Å². The van der Waals surface area contributed by atoms with Gasteiger partial charge >= 0.3 is 0 Å². The summed E-state index contributed by atoms with van der Waals surface area (Å²) in [6.07, 6.45) is 3.06. The van der Waals surface area contributed by atoms with E-state index >= 15 is 0 Å². The van der Waals surface area contributed by atoms with Crippen molar-refractivity contribution in [3.63, 3.8) is 0 Å². The number of nitrogens with one attached hydrogen (secondary N) is 1. The minimum Gasteiger partial charge on any atom is -0.454 e. The maximum absolute atomic E-state index is 12.8. The zero-order valence-electron chi connectivity index (χ0n) is 15.0. The first-order valence-electron chi connectivity index (χ1n) is 9.19. The second kappa shape index (κ2) is 6.53. The van der Waals surface area contributed by atoms with Gasteiger partial charge in [0.2, 0.25) is 18.6 Å².